The second kappa shape index (κ2) is 11.4. The van der Waals surface area contributed by atoms with E-state index in [0.29, 0.717) is 7.25 Å². The van der Waals surface area contributed by atoms with Crippen molar-refractivity contribution in [1.82, 2.24) is 0 Å². The van der Waals surface area contributed by atoms with Crippen LogP contribution in [0.25, 0.3) is 17.2 Å². The van der Waals surface area contributed by atoms with Crippen LogP contribution >= 0.6 is 0 Å². The molecule has 0 bridgehead atoms. The summed E-state index contributed by atoms with van der Waals surface area (Å²) in [6.45, 7) is 16.4. The van der Waals surface area contributed by atoms with Crippen LogP contribution in [0.15, 0.2) is 121 Å². The van der Waals surface area contributed by atoms with Crippen LogP contribution < -0.4 is 0 Å². The van der Waals surface area contributed by atoms with Crippen LogP contribution in [0, 0.1) is 6.92 Å². The van der Waals surface area contributed by atoms with Crippen LogP contribution in [0.4, 0.5) is 0 Å². The molecule has 0 N–H and O–H groups in total. The molecule has 1 heteroatoms. The maximum absolute atomic E-state index is 2.85. The minimum atomic E-state index is -2.85. The molecule has 0 saturated heterocycles. The Morgan fingerprint density at radius 3 is 1.56 bits per heavy atom. The predicted octanol–water partition coefficient (Wildman–Crippen LogP) is 11.3. The van der Waals surface area contributed by atoms with Crippen molar-refractivity contribution >= 4 is 9.28 Å². The van der Waals surface area contributed by atoms with Crippen molar-refractivity contribution < 1.29 is 21.3 Å². The molecule has 1 unspecified atom stereocenters. The van der Waals surface area contributed by atoms with Crippen molar-refractivity contribution in [3.05, 3.63) is 171 Å². The Balaban J connectivity index is 1.63. The van der Waals surface area contributed by atoms with Gasteiger partial charge in [0, 0.05) is 0 Å². The van der Waals surface area contributed by atoms with E-state index in [1.165, 1.54) is 50.1 Å². The van der Waals surface area contributed by atoms with Gasteiger partial charge in [-0.3, -0.25) is 0 Å². The van der Waals surface area contributed by atoms with Gasteiger partial charge in [-0.25, -0.2) is 0 Å². The standard InChI is InChI=1S/C21H25.C13H10.C10H9.Zr/c1-20(2,3)16-7-9-18-14(12-16)11-15-13-17(21(4,5)6)8-10-19(15)18;1-3-7-12(8-4-1)11-13-9-5-2-6-10-13;1-8-4-2-5-9-6-3-7-10(8)9;/h7-13H,1-6H3;1-10H;2-7H,1H3;. The van der Waals surface area contributed by atoms with E-state index in [9.17, 15) is 0 Å². The quantitative estimate of drug-likeness (QED) is 0.179. The van der Waals surface area contributed by atoms with E-state index >= 15 is 0 Å². The van der Waals surface area contributed by atoms with E-state index in [0.717, 1.165) is 0 Å². The van der Waals surface area contributed by atoms with Gasteiger partial charge < -0.3 is 0 Å². The Labute approximate surface area is 278 Å². The summed E-state index contributed by atoms with van der Waals surface area (Å²) in [5, 5.41) is 0. The normalized spacial score (nSPS) is 15.5. The first-order valence-corrected chi connectivity index (χ1v) is 20.5. The molecule has 2 aliphatic carbocycles. The fourth-order valence-electron chi connectivity index (χ4n) is 7.49. The maximum atomic E-state index is 2.60. The topological polar surface area (TPSA) is 0 Å². The first kappa shape index (κ1) is 30.3. The second-order valence-corrected chi connectivity index (χ2v) is 21.4. The third-order valence-corrected chi connectivity index (χ3v) is 18.7. The molecule has 0 saturated carbocycles. The van der Waals surface area contributed by atoms with Crippen molar-refractivity contribution in [2.24, 2.45) is 0 Å². The Kier molecular flexibility index (Phi) is 7.69. The van der Waals surface area contributed by atoms with E-state index < -0.39 is 21.3 Å². The SMILES string of the molecule is Cc1cccc2c1C=C[CH]2[Zr](=[C](c1ccccc1)c1ccccc1)[CH]1c2cc(C(C)(C)C)ccc2-c2ccc(C(C)(C)C)cc21. The molecule has 0 heterocycles. The number of aryl methyl sites for hydroxylation is 1. The van der Waals surface area contributed by atoms with Crippen LogP contribution in [0.3, 0.4) is 0 Å². The summed E-state index contributed by atoms with van der Waals surface area (Å²) in [6, 6.07) is 44.6. The Morgan fingerprint density at radius 1 is 0.556 bits per heavy atom. The van der Waals surface area contributed by atoms with Gasteiger partial charge in [-0.05, 0) is 0 Å². The summed E-state index contributed by atoms with van der Waals surface area (Å²) in [7, 11) is 0. The zero-order valence-electron chi connectivity index (χ0n) is 27.8. The van der Waals surface area contributed by atoms with E-state index in [4.69, 9.17) is 0 Å². The molecular weight excluding hydrogens is 620 g/mol. The molecule has 0 radical (unpaired) electrons. The average molecular weight is 664 g/mol. The second-order valence-electron chi connectivity index (χ2n) is 15.0. The monoisotopic (exact) mass is 662 g/mol. The molecule has 45 heavy (non-hydrogen) atoms. The number of rotatable bonds is 4. The van der Waals surface area contributed by atoms with Gasteiger partial charge in [0.1, 0.15) is 0 Å². The molecule has 0 fully saturated rings. The molecule has 0 aromatic heterocycles. The third-order valence-electron chi connectivity index (χ3n) is 9.96. The van der Waals surface area contributed by atoms with Gasteiger partial charge in [0.05, 0.1) is 0 Å². The zero-order chi connectivity index (χ0) is 31.5. The van der Waals surface area contributed by atoms with Crippen molar-refractivity contribution in [1.29, 1.82) is 0 Å². The summed E-state index contributed by atoms with van der Waals surface area (Å²) in [5.41, 5.74) is 16.1. The van der Waals surface area contributed by atoms with Crippen molar-refractivity contribution in [3.8, 4) is 11.1 Å². The van der Waals surface area contributed by atoms with Crippen LogP contribution in [-0.4, -0.2) is 3.21 Å². The van der Waals surface area contributed by atoms with E-state index in [-0.39, 0.29) is 10.8 Å². The first-order valence-electron chi connectivity index (χ1n) is 16.4. The van der Waals surface area contributed by atoms with Crippen molar-refractivity contribution in [3.63, 3.8) is 0 Å². The van der Waals surface area contributed by atoms with Gasteiger partial charge in [-0.1, -0.05) is 0 Å². The number of benzene rings is 5. The number of hydrogen-bond donors (Lipinski definition) is 0. The molecule has 7 rings (SSSR count). The average Bonchev–Trinajstić information content (AvgIpc) is 3.59. The number of allylic oxidation sites excluding steroid dienone is 1. The molecule has 5 aromatic carbocycles. The molecular formula is C44H44Zr. The van der Waals surface area contributed by atoms with E-state index in [2.05, 4.69) is 176 Å². The summed E-state index contributed by atoms with van der Waals surface area (Å²) < 4.78 is 2.44. The van der Waals surface area contributed by atoms with Crippen LogP contribution in [-0.2, 0) is 32.1 Å². The van der Waals surface area contributed by atoms with Crippen molar-refractivity contribution in [2.45, 2.75) is 66.5 Å². The van der Waals surface area contributed by atoms with Crippen LogP contribution in [0.5, 0.6) is 0 Å². The Bertz CT molecular complexity index is 1860. The molecule has 0 aliphatic heterocycles. The van der Waals surface area contributed by atoms with Gasteiger partial charge in [-0.2, -0.15) is 0 Å². The summed E-state index contributed by atoms with van der Waals surface area (Å²) in [5.74, 6) is 0. The number of fused-ring (bicyclic) bond motifs is 4. The van der Waals surface area contributed by atoms with Gasteiger partial charge in [0.2, 0.25) is 0 Å². The van der Waals surface area contributed by atoms with E-state index in [1.807, 2.05) is 0 Å². The van der Waals surface area contributed by atoms with Gasteiger partial charge >= 0.3 is 280 Å². The number of hydrogen-bond acceptors (Lipinski definition) is 0. The molecule has 0 nitrogen and oxygen atoms in total. The zero-order valence-corrected chi connectivity index (χ0v) is 30.2. The van der Waals surface area contributed by atoms with Gasteiger partial charge in [0.25, 0.3) is 0 Å². The predicted molar refractivity (Wildman–Crippen MR) is 190 cm³/mol. The fraction of sp³-hybridized carbons (Fsp3) is 0.250. The van der Waals surface area contributed by atoms with Crippen LogP contribution in [0.1, 0.15) is 98.9 Å². The summed E-state index contributed by atoms with van der Waals surface area (Å²) >= 11 is -2.85. The first-order chi connectivity index (χ1) is 21.5. The van der Waals surface area contributed by atoms with E-state index in [1.54, 1.807) is 14.3 Å². The Hall–Kier alpha value is -3.41. The fourth-order valence-corrected chi connectivity index (χ4v) is 17.3. The molecule has 1 atom stereocenters. The summed E-state index contributed by atoms with van der Waals surface area (Å²) in [4.78, 5) is 0. The molecule has 224 valence electrons. The van der Waals surface area contributed by atoms with Crippen LogP contribution in [0.2, 0.25) is 0 Å². The van der Waals surface area contributed by atoms with Crippen molar-refractivity contribution in [2.75, 3.05) is 0 Å². The van der Waals surface area contributed by atoms with Gasteiger partial charge in [-0.15, -0.1) is 0 Å². The minimum absolute atomic E-state index is 0.0802. The summed E-state index contributed by atoms with van der Waals surface area (Å²) in [6.07, 6.45) is 5.04. The molecule has 2 aliphatic rings. The Morgan fingerprint density at radius 2 is 1.07 bits per heavy atom. The third kappa shape index (κ3) is 5.42. The molecule has 5 aromatic rings. The molecule has 0 spiro atoms. The molecule has 0 amide bonds. The van der Waals surface area contributed by atoms with Gasteiger partial charge in [0.15, 0.2) is 0 Å².